The van der Waals surface area contributed by atoms with Crippen LogP contribution in [0.5, 0.6) is 5.75 Å². The van der Waals surface area contributed by atoms with Crippen LogP contribution in [0.25, 0.3) is 11.2 Å². The van der Waals surface area contributed by atoms with Gasteiger partial charge in [-0.3, -0.25) is 4.79 Å². The van der Waals surface area contributed by atoms with E-state index in [-0.39, 0.29) is 11.7 Å². The van der Waals surface area contributed by atoms with Crippen molar-refractivity contribution < 1.29 is 9.90 Å². The molecule has 27 heavy (non-hydrogen) atoms. The summed E-state index contributed by atoms with van der Waals surface area (Å²) in [5, 5.41) is 10.0. The maximum absolute atomic E-state index is 13.2. The van der Waals surface area contributed by atoms with Gasteiger partial charge in [0, 0.05) is 37.8 Å². The number of pyridine rings is 1. The highest BCUT2D eigenvalue weighted by atomic mass is 16.3. The number of imidazole rings is 1. The lowest BCUT2D eigenvalue weighted by Crippen LogP contribution is -2.26. The number of phenols is 1. The lowest BCUT2D eigenvalue weighted by Gasteiger charge is -2.18. The Labute approximate surface area is 158 Å². The normalized spacial score (nSPS) is 14.0. The van der Waals surface area contributed by atoms with Crippen LogP contribution < -0.4 is 0 Å². The van der Waals surface area contributed by atoms with Gasteiger partial charge in [0.25, 0.3) is 5.91 Å². The molecule has 140 valence electrons. The number of para-hydroxylation sites is 1. The molecule has 0 atom stereocenters. The standard InChI is InChI=1S/C21H24N4O2/c1-14-12-16(21(27)24(2)13-15-8-5-6-9-17(15)26)19-20(22-14)25-11-7-3-4-10-18(25)23-19/h5-6,8-9,12,26H,3-4,7,10-11,13H2,1-2H3. The van der Waals surface area contributed by atoms with Crippen LogP contribution in [-0.2, 0) is 19.5 Å². The molecule has 2 aromatic heterocycles. The van der Waals surface area contributed by atoms with Crippen LogP contribution in [-0.4, -0.2) is 37.5 Å². The average Bonchev–Trinajstić information content (AvgIpc) is 2.84. The molecule has 1 amide bonds. The third-order valence-corrected chi connectivity index (χ3v) is 5.17. The van der Waals surface area contributed by atoms with E-state index in [1.54, 1.807) is 24.1 Å². The van der Waals surface area contributed by atoms with E-state index in [4.69, 9.17) is 4.98 Å². The second-order valence-electron chi connectivity index (χ2n) is 7.26. The number of phenolic OH excluding ortho intramolecular Hbond substituents is 1. The number of benzene rings is 1. The summed E-state index contributed by atoms with van der Waals surface area (Å²) < 4.78 is 2.18. The molecule has 0 aliphatic carbocycles. The summed E-state index contributed by atoms with van der Waals surface area (Å²) in [5.41, 5.74) is 3.61. The minimum Gasteiger partial charge on any atom is -0.508 e. The summed E-state index contributed by atoms with van der Waals surface area (Å²) >= 11 is 0. The van der Waals surface area contributed by atoms with E-state index in [1.165, 1.54) is 6.42 Å². The first kappa shape index (κ1) is 17.5. The number of rotatable bonds is 3. The number of aryl methyl sites for hydroxylation is 3. The van der Waals surface area contributed by atoms with Gasteiger partial charge in [-0.25, -0.2) is 9.97 Å². The fourth-order valence-corrected chi connectivity index (χ4v) is 3.76. The highest BCUT2D eigenvalue weighted by Crippen LogP contribution is 2.25. The summed E-state index contributed by atoms with van der Waals surface area (Å²) in [4.78, 5) is 24.3. The molecule has 0 bridgehead atoms. The predicted molar refractivity (Wildman–Crippen MR) is 104 cm³/mol. The van der Waals surface area contributed by atoms with Crippen LogP contribution in [0.1, 0.15) is 46.7 Å². The van der Waals surface area contributed by atoms with E-state index in [0.29, 0.717) is 17.6 Å². The molecule has 1 aliphatic rings. The number of aromatic nitrogens is 3. The SMILES string of the molecule is Cc1cc(C(=O)N(C)Cc2ccccc2O)c2nc3n(c2n1)CCCCC3. The Morgan fingerprint density at radius 3 is 2.85 bits per heavy atom. The van der Waals surface area contributed by atoms with Crippen molar-refractivity contribution in [3.63, 3.8) is 0 Å². The number of nitrogens with zero attached hydrogens (tertiary/aromatic N) is 4. The fourth-order valence-electron chi connectivity index (χ4n) is 3.76. The molecule has 3 aromatic rings. The van der Waals surface area contributed by atoms with Crippen LogP contribution >= 0.6 is 0 Å². The second-order valence-corrected chi connectivity index (χ2v) is 7.26. The molecule has 0 saturated carbocycles. The summed E-state index contributed by atoms with van der Waals surface area (Å²) in [6, 6.07) is 8.91. The molecule has 1 aliphatic heterocycles. The molecule has 6 nitrogen and oxygen atoms in total. The number of hydrogen-bond acceptors (Lipinski definition) is 4. The number of amides is 1. The van der Waals surface area contributed by atoms with E-state index in [2.05, 4.69) is 9.55 Å². The van der Waals surface area contributed by atoms with E-state index in [9.17, 15) is 9.90 Å². The van der Waals surface area contributed by atoms with Gasteiger partial charge in [0.2, 0.25) is 0 Å². The molecule has 6 heteroatoms. The first-order valence-corrected chi connectivity index (χ1v) is 9.43. The van der Waals surface area contributed by atoms with Crippen molar-refractivity contribution in [2.24, 2.45) is 0 Å². The summed E-state index contributed by atoms with van der Waals surface area (Å²) in [5.74, 6) is 1.11. The van der Waals surface area contributed by atoms with Crippen LogP contribution in [0.4, 0.5) is 0 Å². The number of carbonyl (C=O) groups is 1. The zero-order chi connectivity index (χ0) is 19.0. The van der Waals surface area contributed by atoms with Crippen molar-refractivity contribution in [2.75, 3.05) is 7.05 Å². The average molecular weight is 364 g/mol. The summed E-state index contributed by atoms with van der Waals surface area (Å²) in [6.07, 6.45) is 4.37. The van der Waals surface area contributed by atoms with Gasteiger partial charge in [0.15, 0.2) is 5.65 Å². The monoisotopic (exact) mass is 364 g/mol. The first-order chi connectivity index (χ1) is 13.0. The maximum Gasteiger partial charge on any atom is 0.256 e. The lowest BCUT2D eigenvalue weighted by atomic mass is 10.1. The van der Waals surface area contributed by atoms with Crippen LogP contribution in [0.2, 0.25) is 0 Å². The fraction of sp³-hybridized carbons (Fsp3) is 0.381. The van der Waals surface area contributed by atoms with Crippen LogP contribution in [0, 0.1) is 6.92 Å². The van der Waals surface area contributed by atoms with Gasteiger partial charge in [-0.15, -0.1) is 0 Å². The summed E-state index contributed by atoms with van der Waals surface area (Å²) in [7, 11) is 1.75. The Bertz CT molecular complexity index is 1010. The van der Waals surface area contributed by atoms with E-state index >= 15 is 0 Å². The Kier molecular flexibility index (Phi) is 4.56. The Morgan fingerprint density at radius 1 is 1.22 bits per heavy atom. The van der Waals surface area contributed by atoms with Gasteiger partial charge in [-0.1, -0.05) is 24.6 Å². The molecule has 4 rings (SSSR count). The molecule has 0 spiro atoms. The number of hydrogen-bond donors (Lipinski definition) is 1. The van der Waals surface area contributed by atoms with Gasteiger partial charge in [-0.2, -0.15) is 0 Å². The Balaban J connectivity index is 1.72. The molecular weight excluding hydrogens is 340 g/mol. The Morgan fingerprint density at radius 2 is 2.04 bits per heavy atom. The topological polar surface area (TPSA) is 71.2 Å². The molecular formula is C21H24N4O2. The first-order valence-electron chi connectivity index (χ1n) is 9.43. The van der Waals surface area contributed by atoms with Crippen molar-refractivity contribution in [2.45, 2.75) is 45.7 Å². The van der Waals surface area contributed by atoms with Crippen LogP contribution in [0.3, 0.4) is 0 Å². The van der Waals surface area contributed by atoms with Crippen LogP contribution in [0.15, 0.2) is 30.3 Å². The van der Waals surface area contributed by atoms with E-state index in [1.807, 2.05) is 25.1 Å². The van der Waals surface area contributed by atoms with Crippen molar-refractivity contribution in [3.8, 4) is 5.75 Å². The molecule has 0 fully saturated rings. The molecule has 0 saturated heterocycles. The largest absolute Gasteiger partial charge is 0.508 e. The van der Waals surface area contributed by atoms with Crippen molar-refractivity contribution >= 4 is 17.1 Å². The van der Waals surface area contributed by atoms with Crippen molar-refractivity contribution in [3.05, 3.63) is 53.0 Å². The smallest absolute Gasteiger partial charge is 0.256 e. The van der Waals surface area contributed by atoms with E-state index < -0.39 is 0 Å². The number of carbonyl (C=O) groups excluding carboxylic acids is 1. The third kappa shape index (κ3) is 3.27. The lowest BCUT2D eigenvalue weighted by molar-refractivity contribution is 0.0786. The number of aromatic hydroxyl groups is 1. The highest BCUT2D eigenvalue weighted by molar-refractivity contribution is 6.04. The maximum atomic E-state index is 13.2. The summed E-state index contributed by atoms with van der Waals surface area (Å²) in [6.45, 7) is 3.15. The minimum absolute atomic E-state index is 0.109. The zero-order valence-electron chi connectivity index (χ0n) is 15.8. The van der Waals surface area contributed by atoms with Crippen molar-refractivity contribution in [1.82, 2.24) is 19.4 Å². The highest BCUT2D eigenvalue weighted by Gasteiger charge is 2.23. The molecule has 0 radical (unpaired) electrons. The minimum atomic E-state index is -0.109. The molecule has 1 aromatic carbocycles. The number of fused-ring (bicyclic) bond motifs is 3. The van der Waals surface area contributed by atoms with E-state index in [0.717, 1.165) is 48.5 Å². The van der Waals surface area contributed by atoms with Gasteiger partial charge < -0.3 is 14.6 Å². The molecule has 0 unspecified atom stereocenters. The predicted octanol–water partition coefficient (Wildman–Crippen LogP) is 3.44. The molecule has 1 N–H and O–H groups in total. The van der Waals surface area contributed by atoms with Gasteiger partial charge in [-0.05, 0) is 31.9 Å². The second kappa shape index (κ2) is 7.02. The Hall–Kier alpha value is -2.89. The molecule has 3 heterocycles. The third-order valence-electron chi connectivity index (χ3n) is 5.17. The quantitative estimate of drug-likeness (QED) is 0.773. The van der Waals surface area contributed by atoms with Crippen molar-refractivity contribution in [1.29, 1.82) is 0 Å². The zero-order valence-corrected chi connectivity index (χ0v) is 15.8. The van der Waals surface area contributed by atoms with Gasteiger partial charge in [0.05, 0.1) is 5.56 Å². The van der Waals surface area contributed by atoms with Gasteiger partial charge >= 0.3 is 0 Å². The van der Waals surface area contributed by atoms with Gasteiger partial charge in [0.1, 0.15) is 17.1 Å².